The lowest BCUT2D eigenvalue weighted by Crippen LogP contribution is -2.16. The van der Waals surface area contributed by atoms with Gasteiger partial charge < -0.3 is 5.73 Å². The monoisotopic (exact) mass is 308 g/mol. The molecular weight excluding hydrogens is 288 g/mol. The first-order chi connectivity index (χ1) is 9.61. The van der Waals surface area contributed by atoms with Gasteiger partial charge in [0.25, 0.3) is 10.0 Å². The second-order valence-electron chi connectivity index (χ2n) is 6.02. The van der Waals surface area contributed by atoms with Gasteiger partial charge in [-0.1, -0.05) is 32.9 Å². The summed E-state index contributed by atoms with van der Waals surface area (Å²) >= 11 is 0. The Morgan fingerprint density at radius 1 is 1.29 bits per heavy atom. The van der Waals surface area contributed by atoms with Crippen LogP contribution in [0.2, 0.25) is 0 Å². The number of nitrogens with zero attached hydrogens (tertiary/aromatic N) is 1. The Kier molecular flexibility index (Phi) is 3.71. The zero-order valence-corrected chi connectivity index (χ0v) is 13.4. The minimum atomic E-state index is -3.76. The van der Waals surface area contributed by atoms with E-state index in [4.69, 9.17) is 5.73 Å². The molecule has 0 spiro atoms. The first-order valence-electron chi connectivity index (χ1n) is 6.55. The van der Waals surface area contributed by atoms with Crippen molar-refractivity contribution in [2.24, 2.45) is 0 Å². The second kappa shape index (κ2) is 5.07. The molecule has 1 aromatic carbocycles. The van der Waals surface area contributed by atoms with Crippen LogP contribution in [0.3, 0.4) is 0 Å². The smallest absolute Gasteiger partial charge is 0.265 e. The van der Waals surface area contributed by atoms with Gasteiger partial charge in [-0.2, -0.15) is 5.10 Å². The van der Waals surface area contributed by atoms with Gasteiger partial charge in [0.15, 0.2) is 5.82 Å². The Morgan fingerprint density at radius 2 is 1.95 bits per heavy atom. The molecule has 2 rings (SSSR count). The van der Waals surface area contributed by atoms with E-state index >= 15 is 0 Å². The number of aromatic nitrogens is 2. The van der Waals surface area contributed by atoms with E-state index in [0.717, 1.165) is 5.69 Å². The maximum absolute atomic E-state index is 12.5. The van der Waals surface area contributed by atoms with E-state index in [1.165, 1.54) is 0 Å². The molecule has 0 aliphatic heterocycles. The van der Waals surface area contributed by atoms with E-state index in [1.54, 1.807) is 31.2 Å². The van der Waals surface area contributed by atoms with Crippen LogP contribution >= 0.6 is 0 Å². The third-order valence-corrected chi connectivity index (χ3v) is 4.71. The van der Waals surface area contributed by atoms with Gasteiger partial charge in [-0.05, 0) is 18.6 Å². The summed E-state index contributed by atoms with van der Waals surface area (Å²) in [6.45, 7) is 7.74. The molecule has 114 valence electrons. The number of anilines is 2. The van der Waals surface area contributed by atoms with E-state index in [9.17, 15) is 8.42 Å². The standard InChI is InChI=1S/C14H20N4O2S/c1-9-6-5-7-10(15)13(9)21(19,20)18-12-8-11(16-17-12)14(2,3)4/h5-8H,15H2,1-4H3,(H2,16,17,18). The molecule has 0 saturated carbocycles. The van der Waals surface area contributed by atoms with Crippen molar-refractivity contribution in [3.05, 3.63) is 35.5 Å². The highest BCUT2D eigenvalue weighted by Crippen LogP contribution is 2.26. The summed E-state index contributed by atoms with van der Waals surface area (Å²) in [5.41, 5.74) is 7.30. The molecule has 0 bridgehead atoms. The van der Waals surface area contributed by atoms with Crippen molar-refractivity contribution in [1.82, 2.24) is 10.2 Å². The summed E-state index contributed by atoms with van der Waals surface area (Å²) in [7, 11) is -3.76. The topological polar surface area (TPSA) is 101 Å². The molecular formula is C14H20N4O2S. The highest BCUT2D eigenvalue weighted by atomic mass is 32.2. The van der Waals surface area contributed by atoms with Gasteiger partial charge in [0, 0.05) is 17.2 Å². The minimum absolute atomic E-state index is 0.0882. The van der Waals surface area contributed by atoms with Gasteiger partial charge in [-0.15, -0.1) is 0 Å². The maximum atomic E-state index is 12.5. The number of aryl methyl sites for hydroxylation is 1. The van der Waals surface area contributed by atoms with E-state index in [-0.39, 0.29) is 21.8 Å². The maximum Gasteiger partial charge on any atom is 0.265 e. The lowest BCUT2D eigenvalue weighted by Gasteiger charge is -2.14. The number of aromatic amines is 1. The Balaban J connectivity index is 2.36. The number of nitrogens with one attached hydrogen (secondary N) is 2. The summed E-state index contributed by atoms with van der Waals surface area (Å²) in [5.74, 6) is 0.252. The fraction of sp³-hybridized carbons (Fsp3) is 0.357. The van der Waals surface area contributed by atoms with Crippen LogP contribution in [-0.4, -0.2) is 18.6 Å². The zero-order chi connectivity index (χ0) is 15.8. The van der Waals surface area contributed by atoms with Crippen molar-refractivity contribution < 1.29 is 8.42 Å². The molecule has 1 heterocycles. The van der Waals surface area contributed by atoms with Crippen LogP contribution in [0, 0.1) is 6.92 Å². The van der Waals surface area contributed by atoms with Gasteiger partial charge in [0.1, 0.15) is 4.90 Å². The number of hydrogen-bond acceptors (Lipinski definition) is 4. The van der Waals surface area contributed by atoms with Crippen molar-refractivity contribution in [3.63, 3.8) is 0 Å². The average molecular weight is 308 g/mol. The normalized spacial score (nSPS) is 12.4. The number of nitrogen functional groups attached to an aromatic ring is 1. The van der Waals surface area contributed by atoms with Crippen molar-refractivity contribution >= 4 is 21.5 Å². The largest absolute Gasteiger partial charge is 0.398 e. The quantitative estimate of drug-likeness (QED) is 0.758. The number of hydrogen-bond donors (Lipinski definition) is 3. The predicted molar refractivity (Wildman–Crippen MR) is 83.7 cm³/mol. The third-order valence-electron chi connectivity index (χ3n) is 3.14. The molecule has 21 heavy (non-hydrogen) atoms. The Bertz CT molecular complexity index is 737. The number of rotatable bonds is 3. The lowest BCUT2D eigenvalue weighted by atomic mass is 9.92. The first kappa shape index (κ1) is 15.4. The van der Waals surface area contributed by atoms with Crippen LogP contribution in [0.4, 0.5) is 11.5 Å². The van der Waals surface area contributed by atoms with Crippen LogP contribution < -0.4 is 10.5 Å². The van der Waals surface area contributed by atoms with Crippen LogP contribution in [0.1, 0.15) is 32.0 Å². The van der Waals surface area contributed by atoms with Gasteiger partial charge in [-0.25, -0.2) is 8.42 Å². The Labute approximate surface area is 124 Å². The van der Waals surface area contributed by atoms with Gasteiger partial charge in [0.2, 0.25) is 0 Å². The number of nitrogens with two attached hydrogens (primary N) is 1. The zero-order valence-electron chi connectivity index (χ0n) is 12.6. The second-order valence-corrected chi connectivity index (χ2v) is 7.63. The summed E-state index contributed by atoms with van der Waals surface area (Å²) in [4.78, 5) is 0.0882. The van der Waals surface area contributed by atoms with Crippen molar-refractivity contribution in [2.45, 2.75) is 38.0 Å². The van der Waals surface area contributed by atoms with Crippen molar-refractivity contribution in [1.29, 1.82) is 0 Å². The molecule has 0 saturated heterocycles. The van der Waals surface area contributed by atoms with Gasteiger partial charge >= 0.3 is 0 Å². The molecule has 6 nitrogen and oxygen atoms in total. The fourth-order valence-electron chi connectivity index (χ4n) is 1.99. The van der Waals surface area contributed by atoms with Crippen LogP contribution in [0.5, 0.6) is 0 Å². The molecule has 1 aromatic heterocycles. The van der Waals surface area contributed by atoms with Gasteiger partial charge in [0.05, 0.1) is 5.69 Å². The molecule has 0 aliphatic carbocycles. The van der Waals surface area contributed by atoms with Crippen molar-refractivity contribution in [3.8, 4) is 0 Å². The van der Waals surface area contributed by atoms with Crippen molar-refractivity contribution in [2.75, 3.05) is 10.5 Å². The summed E-state index contributed by atoms with van der Waals surface area (Å²) in [6.07, 6.45) is 0. The minimum Gasteiger partial charge on any atom is -0.398 e. The Hall–Kier alpha value is -2.02. The van der Waals surface area contributed by atoms with E-state index < -0.39 is 10.0 Å². The number of sulfonamides is 1. The molecule has 0 atom stereocenters. The van der Waals surface area contributed by atoms with Crippen LogP contribution in [0.15, 0.2) is 29.2 Å². The Morgan fingerprint density at radius 3 is 2.48 bits per heavy atom. The van der Waals surface area contributed by atoms with E-state index in [2.05, 4.69) is 14.9 Å². The highest BCUT2D eigenvalue weighted by Gasteiger charge is 2.23. The summed E-state index contributed by atoms with van der Waals surface area (Å²) in [6, 6.07) is 6.67. The lowest BCUT2D eigenvalue weighted by molar-refractivity contribution is 0.567. The summed E-state index contributed by atoms with van der Waals surface area (Å²) < 4.78 is 27.4. The predicted octanol–water partition coefficient (Wildman–Crippen LogP) is 2.40. The molecule has 4 N–H and O–H groups in total. The molecule has 0 fully saturated rings. The molecule has 0 radical (unpaired) electrons. The molecule has 0 amide bonds. The number of benzene rings is 1. The molecule has 2 aromatic rings. The molecule has 0 unspecified atom stereocenters. The van der Waals surface area contributed by atoms with E-state index in [0.29, 0.717) is 5.56 Å². The van der Waals surface area contributed by atoms with Crippen LogP contribution in [0.25, 0.3) is 0 Å². The average Bonchev–Trinajstić information content (AvgIpc) is 2.75. The fourth-order valence-corrected chi connectivity index (χ4v) is 3.34. The third kappa shape index (κ3) is 3.18. The molecule has 7 heteroatoms. The number of H-pyrrole nitrogens is 1. The van der Waals surface area contributed by atoms with E-state index in [1.807, 2.05) is 20.8 Å². The van der Waals surface area contributed by atoms with Crippen LogP contribution in [-0.2, 0) is 15.4 Å². The first-order valence-corrected chi connectivity index (χ1v) is 8.03. The highest BCUT2D eigenvalue weighted by molar-refractivity contribution is 7.93. The SMILES string of the molecule is Cc1cccc(N)c1S(=O)(=O)Nc1cc(C(C)(C)C)[nH]n1. The summed E-state index contributed by atoms with van der Waals surface area (Å²) in [5, 5.41) is 6.84. The van der Waals surface area contributed by atoms with Gasteiger partial charge in [-0.3, -0.25) is 9.82 Å². The molecule has 0 aliphatic rings.